The van der Waals surface area contributed by atoms with E-state index in [0.717, 1.165) is 25.4 Å². The summed E-state index contributed by atoms with van der Waals surface area (Å²) < 4.78 is 5.44. The Kier molecular flexibility index (Phi) is 5.19. The van der Waals surface area contributed by atoms with Gasteiger partial charge in [-0.15, -0.1) is 0 Å². The molecule has 1 aliphatic heterocycles. The number of aromatic nitrogens is 3. The normalized spacial score (nSPS) is 16.7. The van der Waals surface area contributed by atoms with Crippen LogP contribution in [0, 0.1) is 5.92 Å². The van der Waals surface area contributed by atoms with Gasteiger partial charge in [0.25, 0.3) is 0 Å². The first kappa shape index (κ1) is 14.3. The first-order chi connectivity index (χ1) is 9.22. The molecule has 0 N–H and O–H groups in total. The fraction of sp³-hybridized carbons (Fsp3) is 0.769. The van der Waals surface area contributed by atoms with Crippen LogP contribution in [0.2, 0.25) is 5.28 Å². The second-order valence-electron chi connectivity index (χ2n) is 4.87. The minimum absolute atomic E-state index is 0.203. The number of piperidine rings is 1. The highest BCUT2D eigenvalue weighted by molar-refractivity contribution is 6.28. The van der Waals surface area contributed by atoms with Crippen molar-refractivity contribution in [1.29, 1.82) is 0 Å². The Bertz CT molecular complexity index is 408. The van der Waals surface area contributed by atoms with E-state index in [0.29, 0.717) is 18.6 Å². The lowest BCUT2D eigenvalue weighted by molar-refractivity contribution is 0.290. The van der Waals surface area contributed by atoms with Crippen LogP contribution in [0.1, 0.15) is 39.5 Å². The molecular weight excluding hydrogens is 264 g/mol. The van der Waals surface area contributed by atoms with Gasteiger partial charge >= 0.3 is 6.01 Å². The van der Waals surface area contributed by atoms with Crippen molar-refractivity contribution >= 4 is 17.5 Å². The molecule has 0 spiro atoms. The van der Waals surface area contributed by atoms with E-state index in [-0.39, 0.29) is 5.28 Å². The highest BCUT2D eigenvalue weighted by Gasteiger charge is 2.21. The number of rotatable bonds is 5. The van der Waals surface area contributed by atoms with Gasteiger partial charge in [0.2, 0.25) is 11.2 Å². The van der Waals surface area contributed by atoms with E-state index in [1.54, 1.807) is 0 Å². The van der Waals surface area contributed by atoms with E-state index in [4.69, 9.17) is 16.3 Å². The summed E-state index contributed by atoms with van der Waals surface area (Å²) in [5.41, 5.74) is 0. The molecule has 1 aliphatic rings. The standard InChI is InChI=1S/C13H21ClN4O/c1-3-9-19-13-16-11(14)15-12(17-13)18-7-5-10(4-2)6-8-18/h10H,3-9H2,1-2H3. The van der Waals surface area contributed by atoms with Crippen LogP contribution >= 0.6 is 11.6 Å². The first-order valence-electron chi connectivity index (χ1n) is 7.02. The Balaban J connectivity index is 2.05. The second-order valence-corrected chi connectivity index (χ2v) is 5.21. The van der Waals surface area contributed by atoms with Gasteiger partial charge in [0, 0.05) is 13.1 Å². The summed E-state index contributed by atoms with van der Waals surface area (Å²) in [5, 5.41) is 0.203. The predicted molar refractivity (Wildman–Crippen MR) is 75.9 cm³/mol. The van der Waals surface area contributed by atoms with Gasteiger partial charge in [0.1, 0.15) is 0 Å². The van der Waals surface area contributed by atoms with E-state index < -0.39 is 0 Å². The minimum Gasteiger partial charge on any atom is -0.463 e. The van der Waals surface area contributed by atoms with Crippen LogP contribution in [0.15, 0.2) is 0 Å². The van der Waals surface area contributed by atoms with Crippen molar-refractivity contribution in [2.75, 3.05) is 24.6 Å². The zero-order valence-electron chi connectivity index (χ0n) is 11.6. The Morgan fingerprint density at radius 3 is 2.58 bits per heavy atom. The zero-order valence-corrected chi connectivity index (χ0v) is 12.4. The molecule has 0 aliphatic carbocycles. The van der Waals surface area contributed by atoms with Gasteiger partial charge in [-0.3, -0.25) is 0 Å². The first-order valence-corrected chi connectivity index (χ1v) is 7.40. The van der Waals surface area contributed by atoms with Crippen LogP contribution in [0.25, 0.3) is 0 Å². The van der Waals surface area contributed by atoms with Gasteiger partial charge in [-0.25, -0.2) is 0 Å². The number of nitrogens with zero attached hydrogens (tertiary/aromatic N) is 4. The van der Waals surface area contributed by atoms with Crippen LogP contribution in [0.3, 0.4) is 0 Å². The third kappa shape index (κ3) is 3.93. The van der Waals surface area contributed by atoms with Crippen LogP contribution in [-0.4, -0.2) is 34.6 Å². The van der Waals surface area contributed by atoms with E-state index in [9.17, 15) is 0 Å². The molecule has 5 nitrogen and oxygen atoms in total. The lowest BCUT2D eigenvalue weighted by Gasteiger charge is -2.31. The molecule has 0 radical (unpaired) electrons. The van der Waals surface area contributed by atoms with Crippen LogP contribution in [0.5, 0.6) is 6.01 Å². The average Bonchev–Trinajstić information content (AvgIpc) is 2.44. The molecule has 1 fully saturated rings. The molecule has 1 aromatic rings. The summed E-state index contributed by atoms with van der Waals surface area (Å²) in [6.45, 7) is 6.84. The Morgan fingerprint density at radius 2 is 1.95 bits per heavy atom. The van der Waals surface area contributed by atoms with Gasteiger partial charge in [-0.1, -0.05) is 20.3 Å². The van der Waals surface area contributed by atoms with Crippen LogP contribution < -0.4 is 9.64 Å². The number of anilines is 1. The highest BCUT2D eigenvalue weighted by atomic mass is 35.5. The van der Waals surface area contributed by atoms with Crippen molar-refractivity contribution in [2.45, 2.75) is 39.5 Å². The molecular formula is C13H21ClN4O. The zero-order chi connectivity index (χ0) is 13.7. The largest absolute Gasteiger partial charge is 0.463 e. The monoisotopic (exact) mass is 284 g/mol. The van der Waals surface area contributed by atoms with Crippen molar-refractivity contribution in [3.63, 3.8) is 0 Å². The summed E-state index contributed by atoms with van der Waals surface area (Å²) in [6, 6.07) is 0.328. The van der Waals surface area contributed by atoms with Gasteiger partial charge in [0.15, 0.2) is 0 Å². The molecule has 0 amide bonds. The average molecular weight is 285 g/mol. The molecule has 0 saturated carbocycles. The number of ether oxygens (including phenoxy) is 1. The SMILES string of the molecule is CCCOc1nc(Cl)nc(N2CCC(CC)CC2)n1. The minimum atomic E-state index is 0.203. The summed E-state index contributed by atoms with van der Waals surface area (Å²) in [6.07, 6.45) is 4.53. The van der Waals surface area contributed by atoms with Gasteiger partial charge < -0.3 is 9.64 Å². The molecule has 2 rings (SSSR count). The molecule has 19 heavy (non-hydrogen) atoms. The van der Waals surface area contributed by atoms with Gasteiger partial charge in [-0.2, -0.15) is 15.0 Å². The van der Waals surface area contributed by atoms with Gasteiger partial charge in [0.05, 0.1) is 6.61 Å². The smallest absolute Gasteiger partial charge is 0.322 e. The second kappa shape index (κ2) is 6.89. The maximum absolute atomic E-state index is 5.94. The summed E-state index contributed by atoms with van der Waals surface area (Å²) in [5.74, 6) is 1.46. The van der Waals surface area contributed by atoms with Crippen molar-refractivity contribution in [3.05, 3.63) is 5.28 Å². The topological polar surface area (TPSA) is 51.1 Å². The van der Waals surface area contributed by atoms with E-state index in [2.05, 4.69) is 26.8 Å². The lowest BCUT2D eigenvalue weighted by Crippen LogP contribution is -2.34. The van der Waals surface area contributed by atoms with Crippen LogP contribution in [-0.2, 0) is 0 Å². The molecule has 0 bridgehead atoms. The van der Waals surface area contributed by atoms with Crippen molar-refractivity contribution < 1.29 is 4.74 Å². The Morgan fingerprint density at radius 1 is 1.21 bits per heavy atom. The molecule has 6 heteroatoms. The molecule has 1 aromatic heterocycles. The van der Waals surface area contributed by atoms with Crippen molar-refractivity contribution in [2.24, 2.45) is 5.92 Å². The van der Waals surface area contributed by atoms with E-state index in [1.807, 2.05) is 6.92 Å². The summed E-state index contributed by atoms with van der Waals surface area (Å²) in [4.78, 5) is 14.7. The fourth-order valence-electron chi connectivity index (χ4n) is 2.26. The maximum Gasteiger partial charge on any atom is 0.322 e. The summed E-state index contributed by atoms with van der Waals surface area (Å²) in [7, 11) is 0. The lowest BCUT2D eigenvalue weighted by atomic mass is 9.95. The third-order valence-corrected chi connectivity index (χ3v) is 3.65. The predicted octanol–water partition coefficient (Wildman–Crippen LogP) is 2.94. The maximum atomic E-state index is 5.94. The molecule has 2 heterocycles. The Labute approximate surface area is 119 Å². The quantitative estimate of drug-likeness (QED) is 0.832. The van der Waals surface area contributed by atoms with E-state index in [1.165, 1.54) is 19.3 Å². The van der Waals surface area contributed by atoms with Crippen molar-refractivity contribution in [1.82, 2.24) is 15.0 Å². The van der Waals surface area contributed by atoms with Crippen LogP contribution in [0.4, 0.5) is 5.95 Å². The molecule has 1 saturated heterocycles. The van der Waals surface area contributed by atoms with Gasteiger partial charge in [-0.05, 0) is 36.8 Å². The molecule has 0 atom stereocenters. The number of hydrogen-bond donors (Lipinski definition) is 0. The highest BCUT2D eigenvalue weighted by Crippen LogP contribution is 2.24. The van der Waals surface area contributed by atoms with Crippen molar-refractivity contribution in [3.8, 4) is 6.01 Å². The number of hydrogen-bond acceptors (Lipinski definition) is 5. The third-order valence-electron chi connectivity index (χ3n) is 3.49. The molecule has 0 unspecified atom stereocenters. The van der Waals surface area contributed by atoms with E-state index >= 15 is 0 Å². The summed E-state index contributed by atoms with van der Waals surface area (Å²) >= 11 is 5.94. The molecule has 0 aromatic carbocycles. The fourth-order valence-corrected chi connectivity index (χ4v) is 2.41. The number of halogens is 1. The molecule has 106 valence electrons. The Hall–Kier alpha value is -1.10.